The van der Waals surface area contributed by atoms with E-state index in [0.29, 0.717) is 17.5 Å². The first-order chi connectivity index (χ1) is 19.3. The summed E-state index contributed by atoms with van der Waals surface area (Å²) in [5.41, 5.74) is -0.299. The lowest BCUT2D eigenvalue weighted by molar-refractivity contribution is -0.128. The molecule has 8 nitrogen and oxygen atoms in total. The first-order valence-electron chi connectivity index (χ1n) is 14.4. The number of likely N-dealkylation sites (tertiary alicyclic amines) is 1. The Hall–Kier alpha value is -3.56. The van der Waals surface area contributed by atoms with Crippen molar-refractivity contribution in [2.24, 2.45) is 0 Å². The van der Waals surface area contributed by atoms with Gasteiger partial charge in [0.25, 0.3) is 11.5 Å². The summed E-state index contributed by atoms with van der Waals surface area (Å²) in [4.78, 5) is 53.5. The van der Waals surface area contributed by atoms with E-state index in [4.69, 9.17) is 4.74 Å². The second kappa shape index (κ2) is 10.9. The second-order valence-corrected chi connectivity index (χ2v) is 13.6. The zero-order valence-corrected chi connectivity index (χ0v) is 25.3. The van der Waals surface area contributed by atoms with Crippen LogP contribution in [0.2, 0.25) is 0 Å². The van der Waals surface area contributed by atoms with Crippen LogP contribution in [0.25, 0.3) is 0 Å². The number of imide groups is 1. The van der Waals surface area contributed by atoms with E-state index in [-0.39, 0.29) is 30.0 Å². The summed E-state index contributed by atoms with van der Waals surface area (Å²) in [5, 5.41) is 10.3. The van der Waals surface area contributed by atoms with Gasteiger partial charge in [0.1, 0.15) is 5.60 Å². The van der Waals surface area contributed by atoms with Crippen LogP contribution in [0, 0.1) is 0 Å². The molecule has 4 rings (SSSR count). The molecule has 228 valence electrons. The predicted molar refractivity (Wildman–Crippen MR) is 153 cm³/mol. The van der Waals surface area contributed by atoms with Gasteiger partial charge < -0.3 is 9.84 Å². The molecular weight excluding hydrogens is 546 g/mol. The number of nitrogens with zero attached hydrogens (tertiary/aromatic N) is 2. The highest BCUT2D eigenvalue weighted by Crippen LogP contribution is 2.44. The average molecular weight is 587 g/mol. The minimum Gasteiger partial charge on any atom is -0.464 e. The van der Waals surface area contributed by atoms with Gasteiger partial charge in [0.2, 0.25) is 5.91 Å². The molecule has 2 aromatic rings. The number of amides is 2. The highest BCUT2D eigenvalue weighted by atomic mass is 19.3. The maximum Gasteiger partial charge on any atom is 0.418 e. The molecule has 0 bridgehead atoms. The van der Waals surface area contributed by atoms with Crippen LogP contribution in [0.4, 0.5) is 18.4 Å². The van der Waals surface area contributed by atoms with E-state index in [9.17, 15) is 33.1 Å². The molecule has 0 spiro atoms. The third-order valence-electron chi connectivity index (χ3n) is 7.86. The maximum absolute atomic E-state index is 14.1. The van der Waals surface area contributed by atoms with E-state index in [1.54, 1.807) is 26.8 Å². The van der Waals surface area contributed by atoms with Crippen LogP contribution in [0.3, 0.4) is 0 Å². The number of hydrogen-bond acceptors (Lipinski definition) is 5. The fourth-order valence-electron chi connectivity index (χ4n) is 5.72. The van der Waals surface area contributed by atoms with Crippen LogP contribution in [-0.2, 0) is 20.9 Å². The summed E-state index contributed by atoms with van der Waals surface area (Å²) in [5.74, 6) is -4.34. The Labute approximate surface area is 244 Å². The molecule has 1 N–H and O–H groups in total. The van der Waals surface area contributed by atoms with Gasteiger partial charge in [-0.1, -0.05) is 45.0 Å². The number of ether oxygens (including phenoxy) is 1. The van der Waals surface area contributed by atoms with Gasteiger partial charge in [-0.25, -0.2) is 27.8 Å². The fourth-order valence-corrected chi connectivity index (χ4v) is 5.72. The first kappa shape index (κ1) is 31.4. The fraction of sp³-hybridized carbons (Fsp3) is 0.562. The number of pyridine rings is 1. The zero-order valence-electron chi connectivity index (χ0n) is 25.3. The highest BCUT2D eigenvalue weighted by molar-refractivity contribution is 5.94. The van der Waals surface area contributed by atoms with Crippen LogP contribution >= 0.6 is 0 Å². The van der Waals surface area contributed by atoms with E-state index in [2.05, 4.69) is 0 Å². The quantitative estimate of drug-likeness (QED) is 0.387. The van der Waals surface area contributed by atoms with Crippen LogP contribution in [0.15, 0.2) is 35.1 Å². The third kappa shape index (κ3) is 6.57. The van der Waals surface area contributed by atoms with Crippen LogP contribution in [0.5, 0.6) is 0 Å². The molecule has 0 radical (unpaired) electrons. The summed E-state index contributed by atoms with van der Waals surface area (Å²) >= 11 is 0. The molecule has 2 heterocycles. The average Bonchev–Trinajstić information content (AvgIpc) is 3.61. The topological polar surface area (TPSA) is 106 Å². The van der Waals surface area contributed by atoms with Gasteiger partial charge in [0, 0.05) is 42.1 Å². The van der Waals surface area contributed by atoms with Crippen LogP contribution < -0.4 is 5.56 Å². The molecule has 1 saturated heterocycles. The Kier molecular flexibility index (Phi) is 8.17. The van der Waals surface area contributed by atoms with Gasteiger partial charge in [-0.15, -0.1) is 0 Å². The smallest absolute Gasteiger partial charge is 0.418 e. The van der Waals surface area contributed by atoms with E-state index < -0.39 is 52.6 Å². The number of aromatic nitrogens is 1. The predicted octanol–water partition coefficient (Wildman–Crippen LogP) is 7.11. The Morgan fingerprint density at radius 2 is 1.60 bits per heavy atom. The number of carbonyl (C=O) groups excluding carboxylic acids is 2. The molecule has 2 fully saturated rings. The Morgan fingerprint density at radius 1 is 1.00 bits per heavy atom. The lowest BCUT2D eigenvalue weighted by Gasteiger charge is -2.31. The van der Waals surface area contributed by atoms with E-state index in [1.165, 1.54) is 24.3 Å². The van der Waals surface area contributed by atoms with Crippen molar-refractivity contribution in [3.63, 3.8) is 0 Å². The standard InChI is InChI=1S/C32H40F2N2O6/c1-30(2,3)23-17-24(36(28(39)40)27(38)26(23)19-8-9-19)22(18-10-12-20(13-11-18)32(7,33)34)16-21-14-15-25(37)35(21)29(41)42-31(4,5)6/h10-13,17,19,21-22H,8-9,14-16H2,1-7H3,(H,39,40)/t21-,22-/m1/s1. The Morgan fingerprint density at radius 3 is 2.07 bits per heavy atom. The van der Waals surface area contributed by atoms with Gasteiger partial charge in [-0.05, 0) is 75.0 Å². The monoisotopic (exact) mass is 586 g/mol. The van der Waals surface area contributed by atoms with Crippen molar-refractivity contribution in [3.05, 3.63) is 68.6 Å². The Balaban J connectivity index is 1.91. The first-order valence-corrected chi connectivity index (χ1v) is 14.4. The van der Waals surface area contributed by atoms with E-state index in [0.717, 1.165) is 34.8 Å². The van der Waals surface area contributed by atoms with Crippen LogP contribution in [-0.4, -0.2) is 44.3 Å². The van der Waals surface area contributed by atoms with E-state index >= 15 is 0 Å². The molecule has 2 amide bonds. The summed E-state index contributed by atoms with van der Waals surface area (Å²) < 4.78 is 34.4. The number of alkyl halides is 2. The highest BCUT2D eigenvalue weighted by Gasteiger charge is 2.42. The molecule has 1 aromatic carbocycles. The molecule has 1 aliphatic carbocycles. The summed E-state index contributed by atoms with van der Waals surface area (Å²) in [6.07, 6.45) is -0.188. The van der Waals surface area contributed by atoms with Crippen molar-refractivity contribution in [1.82, 2.24) is 9.47 Å². The molecule has 2 aliphatic rings. The number of carbonyl (C=O) groups is 3. The lowest BCUT2D eigenvalue weighted by atomic mass is 9.80. The molecule has 1 saturated carbocycles. The van der Waals surface area contributed by atoms with Crippen molar-refractivity contribution in [2.75, 3.05) is 0 Å². The van der Waals surface area contributed by atoms with Gasteiger partial charge >= 0.3 is 12.2 Å². The van der Waals surface area contributed by atoms with Gasteiger partial charge in [0.05, 0.1) is 0 Å². The van der Waals surface area contributed by atoms with Crippen LogP contribution in [0.1, 0.15) is 120 Å². The lowest BCUT2D eigenvalue weighted by Crippen LogP contribution is -2.43. The van der Waals surface area contributed by atoms with Crippen molar-refractivity contribution >= 4 is 18.1 Å². The summed E-state index contributed by atoms with van der Waals surface area (Å²) in [6.45, 7) is 11.7. The summed E-state index contributed by atoms with van der Waals surface area (Å²) in [7, 11) is 0. The maximum atomic E-state index is 14.1. The molecule has 10 heteroatoms. The number of carboxylic acid groups (broad SMARTS) is 1. The molecule has 0 unspecified atom stereocenters. The molecule has 2 atom stereocenters. The Bertz CT molecular complexity index is 1440. The van der Waals surface area contributed by atoms with Gasteiger partial charge in [-0.2, -0.15) is 0 Å². The SMILES string of the molecule is CC(C)(C)OC(=O)N1C(=O)CC[C@@H]1C[C@H](c1ccc(C(C)(F)F)cc1)c1cc(C(C)(C)C)c(C2CC2)c(=O)n1C(=O)O. The van der Waals surface area contributed by atoms with Crippen molar-refractivity contribution in [1.29, 1.82) is 0 Å². The largest absolute Gasteiger partial charge is 0.464 e. The minimum absolute atomic E-state index is 0.0222. The van der Waals surface area contributed by atoms with Crippen molar-refractivity contribution in [3.8, 4) is 0 Å². The second-order valence-electron chi connectivity index (χ2n) is 13.6. The van der Waals surface area contributed by atoms with Crippen molar-refractivity contribution < 1.29 is 33.0 Å². The zero-order chi connectivity index (χ0) is 31.4. The van der Waals surface area contributed by atoms with Gasteiger partial charge in [-0.3, -0.25) is 9.59 Å². The number of benzene rings is 1. The molecule has 1 aliphatic heterocycles. The molecule has 1 aromatic heterocycles. The normalized spacial score (nSPS) is 18.7. The molecular formula is C32H40F2N2O6. The molecule has 42 heavy (non-hydrogen) atoms. The van der Waals surface area contributed by atoms with Crippen molar-refractivity contribution in [2.45, 2.75) is 115 Å². The van der Waals surface area contributed by atoms with Gasteiger partial charge in [0.15, 0.2) is 0 Å². The summed E-state index contributed by atoms with van der Waals surface area (Å²) in [6, 6.07) is 6.62. The third-order valence-corrected chi connectivity index (χ3v) is 7.86. The number of hydrogen-bond donors (Lipinski definition) is 1. The number of rotatable bonds is 6. The minimum atomic E-state index is -3.09. The van der Waals surface area contributed by atoms with E-state index in [1.807, 2.05) is 20.8 Å². The number of halogens is 2.